The molecule has 2 aromatic rings. The largest absolute Gasteiger partial charge is 0.491 e. The summed E-state index contributed by atoms with van der Waals surface area (Å²) in [5.74, 6) is 0.0634. The lowest BCUT2D eigenvalue weighted by Crippen LogP contribution is -1.93. The van der Waals surface area contributed by atoms with Gasteiger partial charge >= 0.3 is 0 Å². The number of hydrogen-bond acceptors (Lipinski definition) is 2. The van der Waals surface area contributed by atoms with Crippen molar-refractivity contribution in [2.45, 2.75) is 0 Å². The molecule has 0 atom stereocenters. The minimum atomic E-state index is 0.0634. The van der Waals surface area contributed by atoms with E-state index in [0.717, 1.165) is 13.7 Å². The Labute approximate surface area is 103 Å². The van der Waals surface area contributed by atoms with Crippen LogP contribution in [-0.2, 0) is 0 Å². The molecule has 0 spiro atoms. The lowest BCUT2D eigenvalue weighted by Gasteiger charge is -1.99. The van der Waals surface area contributed by atoms with E-state index in [4.69, 9.17) is 0 Å². The predicted octanol–water partition coefficient (Wildman–Crippen LogP) is 2.95. The number of nitrogens with zero attached hydrogens (tertiary/aromatic N) is 2. The molecule has 5 heteroatoms. The first kappa shape index (κ1) is 9.97. The topological polar surface area (TPSA) is 38.1 Å². The van der Waals surface area contributed by atoms with Crippen LogP contribution in [0.15, 0.2) is 34.9 Å². The molecule has 1 heterocycles. The van der Waals surface area contributed by atoms with Crippen molar-refractivity contribution in [2.24, 2.45) is 0 Å². The molecule has 0 amide bonds. The fourth-order valence-electron chi connectivity index (χ4n) is 1.07. The fraction of sp³-hybridized carbons (Fsp3) is 0. The van der Waals surface area contributed by atoms with Gasteiger partial charge in [-0.3, -0.25) is 0 Å². The van der Waals surface area contributed by atoms with Crippen molar-refractivity contribution in [3.8, 4) is 11.6 Å². The maximum Gasteiger partial charge on any atom is 0.244 e. The maximum absolute atomic E-state index is 9.31. The van der Waals surface area contributed by atoms with Crippen LogP contribution in [0.5, 0.6) is 5.88 Å². The summed E-state index contributed by atoms with van der Waals surface area (Å²) in [6.07, 6.45) is 1.78. The van der Waals surface area contributed by atoms with Crippen LogP contribution in [0.3, 0.4) is 0 Å². The molecule has 0 saturated heterocycles. The third-order valence-corrected chi connectivity index (χ3v) is 3.03. The summed E-state index contributed by atoms with van der Waals surface area (Å²) < 4.78 is 3.40. The Bertz CT molecular complexity index is 433. The fourth-order valence-corrected chi connectivity index (χ4v) is 1.71. The predicted molar refractivity (Wildman–Crippen MR) is 65.6 cm³/mol. The number of rotatable bonds is 1. The molecule has 0 aliphatic heterocycles. The Morgan fingerprint density at radius 2 is 1.93 bits per heavy atom. The monoisotopic (exact) mass is 364 g/mol. The summed E-state index contributed by atoms with van der Waals surface area (Å²) >= 11 is 5.39. The molecule has 72 valence electrons. The van der Waals surface area contributed by atoms with E-state index in [1.807, 2.05) is 46.9 Å². The Morgan fingerprint density at radius 3 is 2.43 bits per heavy atom. The summed E-state index contributed by atoms with van der Waals surface area (Å²) in [5, 5.41) is 13.3. The molecule has 0 bridgehead atoms. The standard InChI is InChI=1S/C9H6BrIN2O/c10-6-1-3-7(4-2-6)13-5-8(11)9(14)12-13/h1-5H,(H,12,14). The molecular weight excluding hydrogens is 359 g/mol. The first-order valence-corrected chi connectivity index (χ1v) is 5.74. The van der Waals surface area contributed by atoms with Crippen molar-refractivity contribution in [2.75, 3.05) is 0 Å². The highest BCUT2D eigenvalue weighted by atomic mass is 127. The highest BCUT2D eigenvalue weighted by molar-refractivity contribution is 14.1. The van der Waals surface area contributed by atoms with E-state index < -0.39 is 0 Å². The number of aromatic nitrogens is 2. The van der Waals surface area contributed by atoms with E-state index in [0.29, 0.717) is 0 Å². The third-order valence-electron chi connectivity index (χ3n) is 1.74. The first-order chi connectivity index (χ1) is 6.66. The quantitative estimate of drug-likeness (QED) is 0.790. The molecule has 0 radical (unpaired) electrons. The second kappa shape index (κ2) is 3.90. The molecule has 0 aliphatic carbocycles. The summed E-state index contributed by atoms with van der Waals surface area (Å²) in [4.78, 5) is 0. The molecule has 1 aromatic heterocycles. The van der Waals surface area contributed by atoms with E-state index in [1.54, 1.807) is 10.9 Å². The van der Waals surface area contributed by atoms with Gasteiger partial charge in [0.1, 0.15) is 0 Å². The zero-order valence-corrected chi connectivity index (χ0v) is 10.7. The number of hydrogen-bond donors (Lipinski definition) is 1. The molecule has 0 unspecified atom stereocenters. The summed E-state index contributed by atoms with van der Waals surface area (Å²) in [6, 6.07) is 7.71. The molecule has 0 fully saturated rings. The van der Waals surface area contributed by atoms with Gasteiger partial charge in [0.25, 0.3) is 0 Å². The summed E-state index contributed by atoms with van der Waals surface area (Å²) in [6.45, 7) is 0. The molecule has 0 saturated carbocycles. The van der Waals surface area contributed by atoms with E-state index in [2.05, 4.69) is 21.0 Å². The molecule has 14 heavy (non-hydrogen) atoms. The van der Waals surface area contributed by atoms with E-state index in [1.165, 1.54) is 0 Å². The van der Waals surface area contributed by atoms with Crippen LogP contribution < -0.4 is 0 Å². The molecule has 1 N–H and O–H groups in total. The van der Waals surface area contributed by atoms with E-state index >= 15 is 0 Å². The van der Waals surface area contributed by atoms with Crippen molar-refractivity contribution in [1.82, 2.24) is 9.78 Å². The molecule has 2 rings (SSSR count). The van der Waals surface area contributed by atoms with Crippen molar-refractivity contribution in [1.29, 1.82) is 0 Å². The highest BCUT2D eigenvalue weighted by Crippen LogP contribution is 2.20. The summed E-state index contributed by atoms with van der Waals surface area (Å²) in [7, 11) is 0. The van der Waals surface area contributed by atoms with Gasteiger partial charge in [0.2, 0.25) is 5.88 Å². The third kappa shape index (κ3) is 1.93. The molecular formula is C9H6BrIN2O. The van der Waals surface area contributed by atoms with Gasteiger partial charge in [-0.1, -0.05) is 15.9 Å². The van der Waals surface area contributed by atoms with Crippen molar-refractivity contribution >= 4 is 38.5 Å². The Balaban J connectivity index is 2.44. The van der Waals surface area contributed by atoms with Crippen molar-refractivity contribution < 1.29 is 5.11 Å². The van der Waals surface area contributed by atoms with Crippen LogP contribution in [0.4, 0.5) is 0 Å². The number of aromatic hydroxyl groups is 1. The molecule has 1 aromatic carbocycles. The van der Waals surface area contributed by atoms with Crippen LogP contribution in [0.25, 0.3) is 5.69 Å². The minimum absolute atomic E-state index is 0.0634. The smallest absolute Gasteiger partial charge is 0.244 e. The van der Waals surface area contributed by atoms with Gasteiger partial charge < -0.3 is 5.11 Å². The average molecular weight is 365 g/mol. The Kier molecular flexibility index (Phi) is 2.78. The lowest BCUT2D eigenvalue weighted by molar-refractivity contribution is 0.445. The van der Waals surface area contributed by atoms with Crippen molar-refractivity contribution in [3.63, 3.8) is 0 Å². The second-order valence-corrected chi connectivity index (χ2v) is 4.80. The van der Waals surface area contributed by atoms with Crippen LogP contribution in [0.2, 0.25) is 0 Å². The van der Waals surface area contributed by atoms with Crippen LogP contribution in [0.1, 0.15) is 0 Å². The average Bonchev–Trinajstić information content (AvgIpc) is 2.48. The van der Waals surface area contributed by atoms with Crippen LogP contribution in [-0.4, -0.2) is 14.9 Å². The van der Waals surface area contributed by atoms with Gasteiger partial charge in [-0.05, 0) is 46.9 Å². The van der Waals surface area contributed by atoms with Crippen molar-refractivity contribution in [3.05, 3.63) is 38.5 Å². The first-order valence-electron chi connectivity index (χ1n) is 3.87. The van der Waals surface area contributed by atoms with Crippen LogP contribution >= 0.6 is 38.5 Å². The lowest BCUT2D eigenvalue weighted by atomic mass is 10.3. The van der Waals surface area contributed by atoms with Gasteiger partial charge in [-0.15, -0.1) is 5.10 Å². The highest BCUT2D eigenvalue weighted by Gasteiger charge is 2.04. The maximum atomic E-state index is 9.31. The normalized spacial score (nSPS) is 10.4. The molecule has 0 aliphatic rings. The van der Waals surface area contributed by atoms with E-state index in [-0.39, 0.29) is 5.88 Å². The van der Waals surface area contributed by atoms with E-state index in [9.17, 15) is 5.11 Å². The number of benzene rings is 1. The zero-order chi connectivity index (χ0) is 10.1. The second-order valence-electron chi connectivity index (χ2n) is 2.72. The SMILES string of the molecule is Oc1nn(-c2ccc(Br)cc2)cc1I. The molecule has 3 nitrogen and oxygen atoms in total. The minimum Gasteiger partial charge on any atom is -0.491 e. The van der Waals surface area contributed by atoms with Crippen LogP contribution in [0, 0.1) is 3.57 Å². The summed E-state index contributed by atoms with van der Waals surface area (Å²) in [5.41, 5.74) is 0.923. The van der Waals surface area contributed by atoms with Gasteiger partial charge in [-0.2, -0.15) is 0 Å². The van der Waals surface area contributed by atoms with Gasteiger partial charge in [-0.25, -0.2) is 4.68 Å². The van der Waals surface area contributed by atoms with Gasteiger partial charge in [0, 0.05) is 10.7 Å². The van der Waals surface area contributed by atoms with Gasteiger partial charge in [0.05, 0.1) is 9.26 Å². The Morgan fingerprint density at radius 1 is 1.29 bits per heavy atom. The zero-order valence-electron chi connectivity index (χ0n) is 6.98. The number of halogens is 2. The van der Waals surface area contributed by atoms with Gasteiger partial charge in [0.15, 0.2) is 0 Å². The Hall–Kier alpha value is -0.560.